The molecule has 1 aliphatic heterocycles. The molecule has 6 heteroatoms. The van der Waals surface area contributed by atoms with Crippen LogP contribution in [0.5, 0.6) is 5.75 Å². The number of hydrogen-bond acceptors (Lipinski definition) is 5. The SMILES string of the molecule is COc1ccc(N2CCN(C(C)C(=O)NCc3ccco3)CC2)cc1. The van der Waals surface area contributed by atoms with Gasteiger partial charge in [-0.25, -0.2) is 0 Å². The highest BCUT2D eigenvalue weighted by molar-refractivity contribution is 5.81. The Hall–Kier alpha value is -2.47. The summed E-state index contributed by atoms with van der Waals surface area (Å²) in [4.78, 5) is 16.9. The fourth-order valence-electron chi connectivity index (χ4n) is 3.06. The van der Waals surface area contributed by atoms with Gasteiger partial charge in [-0.05, 0) is 43.3 Å². The van der Waals surface area contributed by atoms with Crippen LogP contribution in [0, 0.1) is 0 Å². The molecule has 0 saturated carbocycles. The van der Waals surface area contributed by atoms with E-state index in [1.807, 2.05) is 31.2 Å². The van der Waals surface area contributed by atoms with Crippen LogP contribution in [-0.2, 0) is 11.3 Å². The van der Waals surface area contributed by atoms with Gasteiger partial charge in [-0.15, -0.1) is 0 Å². The summed E-state index contributed by atoms with van der Waals surface area (Å²) in [5.41, 5.74) is 1.19. The van der Waals surface area contributed by atoms with E-state index in [4.69, 9.17) is 9.15 Å². The molecule has 1 aliphatic rings. The van der Waals surface area contributed by atoms with E-state index in [9.17, 15) is 4.79 Å². The van der Waals surface area contributed by atoms with Crippen molar-refractivity contribution in [3.8, 4) is 5.75 Å². The Morgan fingerprint density at radius 2 is 1.92 bits per heavy atom. The molecule has 1 aromatic heterocycles. The average Bonchev–Trinajstić information content (AvgIpc) is 3.19. The summed E-state index contributed by atoms with van der Waals surface area (Å²) in [5.74, 6) is 1.67. The first-order valence-corrected chi connectivity index (χ1v) is 8.60. The molecule has 1 unspecified atom stereocenters. The van der Waals surface area contributed by atoms with Crippen molar-refractivity contribution in [2.24, 2.45) is 0 Å². The lowest BCUT2D eigenvalue weighted by Crippen LogP contribution is -2.53. The molecule has 0 radical (unpaired) electrons. The van der Waals surface area contributed by atoms with Gasteiger partial charge in [0.05, 0.1) is 26.0 Å². The molecule has 1 saturated heterocycles. The second-order valence-corrected chi connectivity index (χ2v) is 6.19. The van der Waals surface area contributed by atoms with E-state index in [0.29, 0.717) is 6.54 Å². The summed E-state index contributed by atoms with van der Waals surface area (Å²) in [6.07, 6.45) is 1.61. The smallest absolute Gasteiger partial charge is 0.237 e. The summed E-state index contributed by atoms with van der Waals surface area (Å²) in [5, 5.41) is 2.94. The molecule has 0 bridgehead atoms. The molecular weight excluding hydrogens is 318 g/mol. The minimum atomic E-state index is -0.145. The van der Waals surface area contributed by atoms with Crippen LogP contribution in [0.25, 0.3) is 0 Å². The van der Waals surface area contributed by atoms with Gasteiger partial charge >= 0.3 is 0 Å². The quantitative estimate of drug-likeness (QED) is 0.871. The van der Waals surface area contributed by atoms with Gasteiger partial charge in [-0.3, -0.25) is 9.69 Å². The van der Waals surface area contributed by atoms with Crippen molar-refractivity contribution in [2.75, 3.05) is 38.2 Å². The molecule has 6 nitrogen and oxygen atoms in total. The van der Waals surface area contributed by atoms with E-state index in [1.54, 1.807) is 13.4 Å². The van der Waals surface area contributed by atoms with E-state index >= 15 is 0 Å². The number of methoxy groups -OCH3 is 1. The summed E-state index contributed by atoms with van der Waals surface area (Å²) >= 11 is 0. The summed E-state index contributed by atoms with van der Waals surface area (Å²) in [6, 6.07) is 11.6. The summed E-state index contributed by atoms with van der Waals surface area (Å²) < 4.78 is 10.4. The van der Waals surface area contributed by atoms with Gasteiger partial charge in [-0.1, -0.05) is 0 Å². The first-order valence-electron chi connectivity index (χ1n) is 8.60. The van der Waals surface area contributed by atoms with Crippen LogP contribution in [0.15, 0.2) is 47.1 Å². The van der Waals surface area contributed by atoms with Gasteiger partial charge < -0.3 is 19.4 Å². The lowest BCUT2D eigenvalue weighted by atomic mass is 10.2. The zero-order valence-electron chi connectivity index (χ0n) is 14.8. The molecule has 1 aromatic carbocycles. The maximum Gasteiger partial charge on any atom is 0.237 e. The number of nitrogens with one attached hydrogen (secondary N) is 1. The summed E-state index contributed by atoms with van der Waals surface area (Å²) in [7, 11) is 1.67. The lowest BCUT2D eigenvalue weighted by Gasteiger charge is -2.38. The average molecular weight is 343 g/mol. The molecule has 0 aliphatic carbocycles. The van der Waals surface area contributed by atoms with Crippen molar-refractivity contribution < 1.29 is 13.9 Å². The van der Waals surface area contributed by atoms with Crippen LogP contribution in [0.1, 0.15) is 12.7 Å². The highest BCUT2D eigenvalue weighted by Crippen LogP contribution is 2.21. The molecule has 1 amide bonds. The molecule has 1 N–H and O–H groups in total. The van der Waals surface area contributed by atoms with Crippen LogP contribution >= 0.6 is 0 Å². The molecular formula is C19H25N3O3. The van der Waals surface area contributed by atoms with Crippen molar-refractivity contribution in [3.05, 3.63) is 48.4 Å². The number of benzene rings is 1. The number of amides is 1. The van der Waals surface area contributed by atoms with Gasteiger partial charge in [0.2, 0.25) is 5.91 Å². The van der Waals surface area contributed by atoms with Crippen molar-refractivity contribution in [3.63, 3.8) is 0 Å². The van der Waals surface area contributed by atoms with Crippen LogP contribution in [0.2, 0.25) is 0 Å². The van der Waals surface area contributed by atoms with Gasteiger partial charge in [-0.2, -0.15) is 0 Å². The molecule has 1 atom stereocenters. The van der Waals surface area contributed by atoms with Gasteiger partial charge in [0, 0.05) is 31.9 Å². The van der Waals surface area contributed by atoms with Crippen LogP contribution in [-0.4, -0.2) is 50.1 Å². The number of piperazine rings is 1. The normalized spacial score (nSPS) is 16.5. The van der Waals surface area contributed by atoms with E-state index in [1.165, 1.54) is 5.69 Å². The number of carbonyl (C=O) groups is 1. The third-order valence-electron chi connectivity index (χ3n) is 4.70. The second kappa shape index (κ2) is 8.07. The van der Waals surface area contributed by atoms with Gasteiger partial charge in [0.25, 0.3) is 0 Å². The Kier molecular flexibility index (Phi) is 5.60. The minimum Gasteiger partial charge on any atom is -0.497 e. The predicted molar refractivity (Wildman–Crippen MR) is 96.8 cm³/mol. The van der Waals surface area contributed by atoms with E-state index in [-0.39, 0.29) is 11.9 Å². The van der Waals surface area contributed by atoms with Crippen LogP contribution < -0.4 is 15.0 Å². The molecule has 1 fully saturated rings. The number of rotatable bonds is 6. The highest BCUT2D eigenvalue weighted by atomic mass is 16.5. The molecule has 3 rings (SSSR count). The number of anilines is 1. The largest absolute Gasteiger partial charge is 0.497 e. The van der Waals surface area contributed by atoms with E-state index in [2.05, 4.69) is 27.2 Å². The van der Waals surface area contributed by atoms with Crippen LogP contribution in [0.3, 0.4) is 0 Å². The molecule has 2 heterocycles. The van der Waals surface area contributed by atoms with Crippen molar-refractivity contribution in [1.29, 1.82) is 0 Å². The number of carbonyl (C=O) groups excluding carboxylic acids is 1. The number of nitrogens with zero attached hydrogens (tertiary/aromatic N) is 2. The Morgan fingerprint density at radius 3 is 2.52 bits per heavy atom. The second-order valence-electron chi connectivity index (χ2n) is 6.19. The topological polar surface area (TPSA) is 58.0 Å². The molecule has 2 aromatic rings. The van der Waals surface area contributed by atoms with Gasteiger partial charge in [0.15, 0.2) is 0 Å². The van der Waals surface area contributed by atoms with Crippen LogP contribution in [0.4, 0.5) is 5.69 Å². The van der Waals surface area contributed by atoms with Crippen molar-refractivity contribution >= 4 is 11.6 Å². The Labute approximate surface area is 148 Å². The number of ether oxygens (including phenoxy) is 1. The zero-order chi connectivity index (χ0) is 17.6. The predicted octanol–water partition coefficient (Wildman–Crippen LogP) is 2.12. The first-order chi connectivity index (χ1) is 12.2. The van der Waals surface area contributed by atoms with Crippen molar-refractivity contribution in [1.82, 2.24) is 10.2 Å². The van der Waals surface area contributed by atoms with Crippen molar-refractivity contribution in [2.45, 2.75) is 19.5 Å². The molecule has 0 spiro atoms. The van der Waals surface area contributed by atoms with Gasteiger partial charge in [0.1, 0.15) is 11.5 Å². The third-order valence-corrected chi connectivity index (χ3v) is 4.70. The maximum atomic E-state index is 12.3. The fourth-order valence-corrected chi connectivity index (χ4v) is 3.06. The first kappa shape index (κ1) is 17.4. The standard InChI is InChI=1S/C19H25N3O3/c1-15(19(23)20-14-18-4-3-13-25-18)21-9-11-22(12-10-21)16-5-7-17(24-2)8-6-16/h3-8,13,15H,9-12,14H2,1-2H3,(H,20,23). The monoisotopic (exact) mass is 343 g/mol. The minimum absolute atomic E-state index is 0.0364. The lowest BCUT2D eigenvalue weighted by molar-refractivity contribution is -0.126. The Morgan fingerprint density at radius 1 is 1.20 bits per heavy atom. The third kappa shape index (κ3) is 4.33. The number of hydrogen-bond donors (Lipinski definition) is 1. The molecule has 134 valence electrons. The Balaban J connectivity index is 1.48. The zero-order valence-corrected chi connectivity index (χ0v) is 14.8. The fraction of sp³-hybridized carbons (Fsp3) is 0.421. The molecule has 25 heavy (non-hydrogen) atoms. The summed E-state index contributed by atoms with van der Waals surface area (Å²) in [6.45, 7) is 5.93. The van der Waals surface area contributed by atoms with E-state index < -0.39 is 0 Å². The Bertz CT molecular complexity index is 662. The maximum absolute atomic E-state index is 12.3. The van der Waals surface area contributed by atoms with E-state index in [0.717, 1.165) is 37.7 Å². The number of furan rings is 1. The highest BCUT2D eigenvalue weighted by Gasteiger charge is 2.25.